The maximum absolute atomic E-state index is 5.61. The van der Waals surface area contributed by atoms with Crippen LogP contribution in [0.2, 0.25) is 0 Å². The summed E-state index contributed by atoms with van der Waals surface area (Å²) in [6.07, 6.45) is 7.34. The van der Waals surface area contributed by atoms with E-state index < -0.39 is 0 Å². The molecule has 8 heteroatoms. The molecular formula is C15H27IN6O. The highest BCUT2D eigenvalue weighted by atomic mass is 127. The Kier molecular flexibility index (Phi) is 7.54. The van der Waals surface area contributed by atoms with Crippen molar-refractivity contribution in [3.05, 3.63) is 11.6 Å². The second-order valence-electron chi connectivity index (χ2n) is 5.94. The number of fused-ring (bicyclic) bond motifs is 1. The number of rotatable bonds is 4. The second-order valence-corrected chi connectivity index (χ2v) is 5.94. The first-order valence-corrected chi connectivity index (χ1v) is 8.34. The lowest BCUT2D eigenvalue weighted by Gasteiger charge is -2.15. The number of halogens is 1. The molecule has 1 atom stereocenters. The summed E-state index contributed by atoms with van der Waals surface area (Å²) in [7, 11) is 1.79. The first-order chi connectivity index (χ1) is 10.9. The standard InChI is InChI=1S/C15H26N6O.HI/c1-16-15(17-10-12-6-5-9-22-12)18-11-14-20-19-13-7-3-2-4-8-21(13)14;/h12H,2-11H2,1H3,(H2,16,17,18);1H. The molecule has 23 heavy (non-hydrogen) atoms. The molecule has 0 amide bonds. The van der Waals surface area contributed by atoms with Crippen molar-refractivity contribution in [3.8, 4) is 0 Å². The Balaban J connectivity index is 0.00000192. The topological polar surface area (TPSA) is 76.4 Å². The first kappa shape index (κ1) is 18.4. The van der Waals surface area contributed by atoms with Gasteiger partial charge in [-0.1, -0.05) is 6.42 Å². The molecule has 0 aliphatic carbocycles. The predicted octanol–water partition coefficient (Wildman–Crippen LogP) is 1.47. The average Bonchev–Trinajstić information content (AvgIpc) is 3.13. The van der Waals surface area contributed by atoms with Crippen molar-refractivity contribution >= 4 is 29.9 Å². The van der Waals surface area contributed by atoms with E-state index in [0.29, 0.717) is 12.6 Å². The number of aromatic nitrogens is 3. The Bertz CT molecular complexity index is 512. The molecule has 1 fully saturated rings. The van der Waals surface area contributed by atoms with Crippen LogP contribution in [0.25, 0.3) is 0 Å². The molecule has 2 aliphatic rings. The third-order valence-electron chi connectivity index (χ3n) is 4.34. The van der Waals surface area contributed by atoms with Gasteiger partial charge in [-0.3, -0.25) is 4.99 Å². The van der Waals surface area contributed by atoms with E-state index in [1.165, 1.54) is 19.3 Å². The number of hydrogen-bond acceptors (Lipinski definition) is 4. The van der Waals surface area contributed by atoms with Gasteiger partial charge in [-0.2, -0.15) is 0 Å². The molecule has 7 nitrogen and oxygen atoms in total. The number of aryl methyl sites for hydroxylation is 1. The minimum absolute atomic E-state index is 0. The van der Waals surface area contributed by atoms with Crippen molar-refractivity contribution < 1.29 is 4.74 Å². The van der Waals surface area contributed by atoms with E-state index in [2.05, 4.69) is 30.4 Å². The number of guanidine groups is 1. The lowest BCUT2D eigenvalue weighted by Crippen LogP contribution is -2.41. The van der Waals surface area contributed by atoms with Gasteiger partial charge < -0.3 is 19.9 Å². The molecule has 0 bridgehead atoms. The average molecular weight is 434 g/mol. The Hall–Kier alpha value is -0.900. The Morgan fingerprint density at radius 1 is 1.26 bits per heavy atom. The van der Waals surface area contributed by atoms with Gasteiger partial charge in [-0.05, 0) is 25.7 Å². The van der Waals surface area contributed by atoms with Crippen molar-refractivity contribution in [1.29, 1.82) is 0 Å². The van der Waals surface area contributed by atoms with Crippen LogP contribution in [0.1, 0.15) is 43.8 Å². The molecule has 0 aromatic carbocycles. The van der Waals surface area contributed by atoms with E-state index in [0.717, 1.165) is 56.6 Å². The van der Waals surface area contributed by atoms with E-state index in [1.807, 2.05) is 0 Å². The van der Waals surface area contributed by atoms with E-state index in [9.17, 15) is 0 Å². The van der Waals surface area contributed by atoms with Gasteiger partial charge >= 0.3 is 0 Å². The zero-order valence-electron chi connectivity index (χ0n) is 13.8. The highest BCUT2D eigenvalue weighted by Crippen LogP contribution is 2.14. The summed E-state index contributed by atoms with van der Waals surface area (Å²) < 4.78 is 7.87. The summed E-state index contributed by atoms with van der Waals surface area (Å²) in [4.78, 5) is 4.26. The molecule has 130 valence electrons. The molecule has 1 aromatic rings. The number of nitrogens with zero attached hydrogens (tertiary/aromatic N) is 4. The van der Waals surface area contributed by atoms with Crippen molar-refractivity contribution in [1.82, 2.24) is 25.4 Å². The monoisotopic (exact) mass is 434 g/mol. The Morgan fingerprint density at radius 3 is 2.96 bits per heavy atom. The number of ether oxygens (including phenoxy) is 1. The quantitative estimate of drug-likeness (QED) is 0.427. The van der Waals surface area contributed by atoms with Gasteiger partial charge in [0.1, 0.15) is 5.82 Å². The molecule has 0 radical (unpaired) electrons. The second kappa shape index (κ2) is 9.41. The summed E-state index contributed by atoms with van der Waals surface area (Å²) in [6, 6.07) is 0. The molecule has 0 saturated carbocycles. The minimum atomic E-state index is 0. The normalized spacial score (nSPS) is 21.3. The van der Waals surface area contributed by atoms with Gasteiger partial charge in [-0.15, -0.1) is 34.2 Å². The zero-order chi connectivity index (χ0) is 15.2. The Morgan fingerprint density at radius 2 is 2.17 bits per heavy atom. The number of nitrogens with one attached hydrogen (secondary N) is 2. The summed E-state index contributed by atoms with van der Waals surface area (Å²) >= 11 is 0. The summed E-state index contributed by atoms with van der Waals surface area (Å²) in [5.41, 5.74) is 0. The summed E-state index contributed by atoms with van der Waals surface area (Å²) in [5.74, 6) is 2.91. The van der Waals surface area contributed by atoms with Crippen LogP contribution in [0.4, 0.5) is 0 Å². The van der Waals surface area contributed by atoms with Gasteiger partial charge in [0.25, 0.3) is 0 Å². The minimum Gasteiger partial charge on any atom is -0.376 e. The largest absolute Gasteiger partial charge is 0.376 e. The third-order valence-corrected chi connectivity index (χ3v) is 4.34. The van der Waals surface area contributed by atoms with Crippen molar-refractivity contribution in [2.45, 2.75) is 57.7 Å². The number of aliphatic imine (C=N–C) groups is 1. The van der Waals surface area contributed by atoms with E-state index in [-0.39, 0.29) is 24.0 Å². The van der Waals surface area contributed by atoms with Crippen molar-refractivity contribution in [2.24, 2.45) is 4.99 Å². The van der Waals surface area contributed by atoms with E-state index >= 15 is 0 Å². The van der Waals surface area contributed by atoms with E-state index in [1.54, 1.807) is 7.05 Å². The highest BCUT2D eigenvalue weighted by Gasteiger charge is 2.17. The maximum Gasteiger partial charge on any atom is 0.191 e. The van der Waals surface area contributed by atoms with Crippen LogP contribution in [0, 0.1) is 0 Å². The van der Waals surface area contributed by atoms with Gasteiger partial charge in [0.15, 0.2) is 11.8 Å². The van der Waals surface area contributed by atoms with Crippen LogP contribution >= 0.6 is 24.0 Å². The van der Waals surface area contributed by atoms with Crippen LogP contribution in [-0.4, -0.2) is 47.0 Å². The number of hydrogen-bond donors (Lipinski definition) is 2. The predicted molar refractivity (Wildman–Crippen MR) is 100 cm³/mol. The van der Waals surface area contributed by atoms with E-state index in [4.69, 9.17) is 4.74 Å². The lowest BCUT2D eigenvalue weighted by atomic mass is 10.2. The zero-order valence-corrected chi connectivity index (χ0v) is 16.1. The molecular weight excluding hydrogens is 407 g/mol. The summed E-state index contributed by atoms with van der Waals surface area (Å²) in [6.45, 7) is 3.36. The smallest absolute Gasteiger partial charge is 0.191 e. The van der Waals surface area contributed by atoms with Crippen LogP contribution in [0.3, 0.4) is 0 Å². The SMILES string of the molecule is CN=C(NCc1nnc2n1CCCCC2)NCC1CCCO1.I. The van der Waals surface area contributed by atoms with Gasteiger partial charge in [0, 0.05) is 33.2 Å². The van der Waals surface area contributed by atoms with Crippen LogP contribution in [0.5, 0.6) is 0 Å². The Labute approximate surface area is 154 Å². The van der Waals surface area contributed by atoms with Gasteiger partial charge in [0.2, 0.25) is 0 Å². The van der Waals surface area contributed by atoms with Crippen LogP contribution in [-0.2, 0) is 24.2 Å². The highest BCUT2D eigenvalue weighted by molar-refractivity contribution is 14.0. The molecule has 1 aromatic heterocycles. The molecule has 2 N–H and O–H groups in total. The van der Waals surface area contributed by atoms with Gasteiger partial charge in [0.05, 0.1) is 12.6 Å². The summed E-state index contributed by atoms with van der Waals surface area (Å²) in [5, 5.41) is 15.3. The van der Waals surface area contributed by atoms with Crippen molar-refractivity contribution in [2.75, 3.05) is 20.2 Å². The van der Waals surface area contributed by atoms with Crippen molar-refractivity contribution in [3.63, 3.8) is 0 Å². The molecule has 1 unspecified atom stereocenters. The van der Waals surface area contributed by atoms with Gasteiger partial charge in [-0.25, -0.2) is 0 Å². The molecule has 1 saturated heterocycles. The lowest BCUT2D eigenvalue weighted by molar-refractivity contribution is 0.114. The molecule has 0 spiro atoms. The first-order valence-electron chi connectivity index (χ1n) is 8.34. The fourth-order valence-electron chi connectivity index (χ4n) is 3.08. The fraction of sp³-hybridized carbons (Fsp3) is 0.800. The van der Waals surface area contributed by atoms with Crippen LogP contribution in [0.15, 0.2) is 4.99 Å². The fourth-order valence-corrected chi connectivity index (χ4v) is 3.08. The van der Waals surface area contributed by atoms with Crippen LogP contribution < -0.4 is 10.6 Å². The molecule has 3 rings (SSSR count). The maximum atomic E-state index is 5.61. The molecule has 3 heterocycles. The molecule has 2 aliphatic heterocycles. The third kappa shape index (κ3) is 5.03.